The molecule has 2 N–H and O–H groups in total. The van der Waals surface area contributed by atoms with Crippen LogP contribution in [0.5, 0.6) is 5.75 Å². The highest BCUT2D eigenvalue weighted by Crippen LogP contribution is 2.36. The number of benzene rings is 1. The summed E-state index contributed by atoms with van der Waals surface area (Å²) in [5, 5.41) is 0. The summed E-state index contributed by atoms with van der Waals surface area (Å²) in [6.07, 6.45) is 1.42. The van der Waals surface area contributed by atoms with Crippen molar-refractivity contribution in [1.29, 1.82) is 0 Å². The minimum Gasteiger partial charge on any atom is -0.487 e. The molecule has 0 saturated carbocycles. The van der Waals surface area contributed by atoms with Crippen LogP contribution < -0.4 is 15.4 Å². The van der Waals surface area contributed by atoms with E-state index in [0.717, 1.165) is 12.1 Å². The quantitative estimate of drug-likeness (QED) is 0.773. The van der Waals surface area contributed by atoms with Crippen LogP contribution in [0.2, 0.25) is 0 Å². The molecule has 1 aromatic rings. The molecule has 0 radical (unpaired) electrons. The van der Waals surface area contributed by atoms with E-state index in [1.807, 2.05) is 19.1 Å². The van der Waals surface area contributed by atoms with Crippen LogP contribution in [0.4, 0.5) is 11.4 Å². The second-order valence-corrected chi connectivity index (χ2v) is 3.84. The predicted molar refractivity (Wildman–Crippen MR) is 63.6 cm³/mol. The molecule has 16 heavy (non-hydrogen) atoms. The first-order valence-electron chi connectivity index (χ1n) is 5.55. The van der Waals surface area contributed by atoms with Gasteiger partial charge in [-0.3, -0.25) is 4.79 Å². The zero-order valence-electron chi connectivity index (χ0n) is 9.40. The van der Waals surface area contributed by atoms with Crippen molar-refractivity contribution in [3.8, 4) is 5.75 Å². The van der Waals surface area contributed by atoms with Crippen molar-refractivity contribution in [3.63, 3.8) is 0 Å². The Labute approximate surface area is 95.0 Å². The Morgan fingerprint density at radius 3 is 3.12 bits per heavy atom. The van der Waals surface area contributed by atoms with Crippen LogP contribution in [0, 0.1) is 0 Å². The van der Waals surface area contributed by atoms with Crippen LogP contribution in [0.3, 0.4) is 0 Å². The lowest BCUT2D eigenvalue weighted by molar-refractivity contribution is -0.118. The Morgan fingerprint density at radius 1 is 1.56 bits per heavy atom. The summed E-state index contributed by atoms with van der Waals surface area (Å²) >= 11 is 0. The largest absolute Gasteiger partial charge is 0.487 e. The molecule has 1 aliphatic rings. The molecule has 2 rings (SSSR count). The summed E-state index contributed by atoms with van der Waals surface area (Å²) in [5.74, 6) is 0.774. The van der Waals surface area contributed by atoms with Crippen LogP contribution >= 0.6 is 0 Å². The molecule has 1 heterocycles. The number of nitrogens with two attached hydrogens (primary N) is 1. The lowest BCUT2D eigenvalue weighted by Gasteiger charge is -2.30. The molecular formula is C12H16N2O2. The van der Waals surface area contributed by atoms with Crippen LogP contribution in [-0.4, -0.2) is 19.1 Å². The third-order valence-corrected chi connectivity index (χ3v) is 2.64. The molecule has 4 heteroatoms. The average molecular weight is 220 g/mol. The number of nitrogens with zero attached hydrogens (tertiary/aromatic N) is 1. The zero-order chi connectivity index (χ0) is 11.5. The standard InChI is InChI=1S/C12H16N2O2/c1-2-4-11(15)14-7-8-16-12-9(13)5-3-6-10(12)14/h3,5-6H,2,4,7-8,13H2,1H3. The highest BCUT2D eigenvalue weighted by Gasteiger charge is 2.24. The molecule has 0 aliphatic carbocycles. The molecular weight excluding hydrogens is 204 g/mol. The summed E-state index contributed by atoms with van der Waals surface area (Å²) in [7, 11) is 0. The van der Waals surface area contributed by atoms with Crippen molar-refractivity contribution < 1.29 is 9.53 Å². The fourth-order valence-electron chi connectivity index (χ4n) is 1.88. The van der Waals surface area contributed by atoms with E-state index in [-0.39, 0.29) is 5.91 Å². The summed E-state index contributed by atoms with van der Waals surface area (Å²) in [4.78, 5) is 13.7. The van der Waals surface area contributed by atoms with Crippen molar-refractivity contribution in [2.45, 2.75) is 19.8 Å². The molecule has 0 bridgehead atoms. The topological polar surface area (TPSA) is 55.6 Å². The number of nitrogen functional groups attached to an aromatic ring is 1. The first-order valence-corrected chi connectivity index (χ1v) is 5.55. The van der Waals surface area contributed by atoms with Gasteiger partial charge in [0.05, 0.1) is 17.9 Å². The number of amides is 1. The van der Waals surface area contributed by atoms with E-state index < -0.39 is 0 Å². The van der Waals surface area contributed by atoms with Crippen LogP contribution in [0.25, 0.3) is 0 Å². The van der Waals surface area contributed by atoms with Gasteiger partial charge in [0.2, 0.25) is 5.91 Å². The van der Waals surface area contributed by atoms with Crippen molar-refractivity contribution in [2.24, 2.45) is 0 Å². The van der Waals surface area contributed by atoms with E-state index in [0.29, 0.717) is 31.0 Å². The maximum atomic E-state index is 11.9. The van der Waals surface area contributed by atoms with Crippen molar-refractivity contribution in [1.82, 2.24) is 0 Å². The number of para-hydroxylation sites is 1. The molecule has 0 atom stereocenters. The SMILES string of the molecule is CCCC(=O)N1CCOc2c(N)cccc21. The maximum Gasteiger partial charge on any atom is 0.227 e. The number of hydrogen-bond donors (Lipinski definition) is 1. The number of fused-ring (bicyclic) bond motifs is 1. The first-order chi connectivity index (χ1) is 7.74. The fraction of sp³-hybridized carbons (Fsp3) is 0.417. The number of hydrogen-bond acceptors (Lipinski definition) is 3. The van der Waals surface area contributed by atoms with Crippen molar-refractivity contribution >= 4 is 17.3 Å². The van der Waals surface area contributed by atoms with E-state index in [4.69, 9.17) is 10.5 Å². The predicted octanol–water partition coefficient (Wildman–Crippen LogP) is 1.79. The normalized spacial score (nSPS) is 14.2. The highest BCUT2D eigenvalue weighted by atomic mass is 16.5. The molecule has 0 unspecified atom stereocenters. The number of anilines is 2. The van der Waals surface area contributed by atoms with Crippen LogP contribution in [-0.2, 0) is 4.79 Å². The highest BCUT2D eigenvalue weighted by molar-refractivity contribution is 5.96. The summed E-state index contributed by atoms with van der Waals surface area (Å²) < 4.78 is 5.49. The summed E-state index contributed by atoms with van der Waals surface area (Å²) in [6.45, 7) is 3.12. The van der Waals surface area contributed by atoms with E-state index in [2.05, 4.69) is 0 Å². The van der Waals surface area contributed by atoms with Crippen molar-refractivity contribution in [3.05, 3.63) is 18.2 Å². The molecule has 1 aliphatic heterocycles. The molecule has 0 saturated heterocycles. The van der Waals surface area contributed by atoms with Gasteiger partial charge in [0.25, 0.3) is 0 Å². The van der Waals surface area contributed by atoms with E-state index in [1.165, 1.54) is 0 Å². The van der Waals surface area contributed by atoms with Gasteiger partial charge in [-0.15, -0.1) is 0 Å². The van der Waals surface area contributed by atoms with Gasteiger partial charge < -0.3 is 15.4 Å². The van der Waals surface area contributed by atoms with Gasteiger partial charge in [-0.1, -0.05) is 13.0 Å². The van der Waals surface area contributed by atoms with E-state index >= 15 is 0 Å². The third-order valence-electron chi connectivity index (χ3n) is 2.64. The Balaban J connectivity index is 2.33. The van der Waals surface area contributed by atoms with Crippen molar-refractivity contribution in [2.75, 3.05) is 23.8 Å². The Bertz CT molecular complexity index is 404. The number of ether oxygens (including phenoxy) is 1. The second kappa shape index (κ2) is 4.43. The van der Waals surface area contributed by atoms with E-state index in [1.54, 1.807) is 11.0 Å². The molecule has 4 nitrogen and oxygen atoms in total. The van der Waals surface area contributed by atoms with Crippen LogP contribution in [0.15, 0.2) is 18.2 Å². The van der Waals surface area contributed by atoms with Gasteiger partial charge in [-0.25, -0.2) is 0 Å². The monoisotopic (exact) mass is 220 g/mol. The summed E-state index contributed by atoms with van der Waals surface area (Å²) in [6, 6.07) is 5.50. The van der Waals surface area contributed by atoms with Gasteiger partial charge in [0.1, 0.15) is 6.61 Å². The molecule has 1 aromatic carbocycles. The smallest absolute Gasteiger partial charge is 0.227 e. The Morgan fingerprint density at radius 2 is 2.38 bits per heavy atom. The Kier molecular flexibility index (Phi) is 2.99. The van der Waals surface area contributed by atoms with Gasteiger partial charge in [0.15, 0.2) is 5.75 Å². The first kappa shape index (κ1) is 10.8. The number of carbonyl (C=O) groups is 1. The molecule has 0 aromatic heterocycles. The lowest BCUT2D eigenvalue weighted by Crippen LogP contribution is -2.37. The third kappa shape index (κ3) is 1.83. The minimum atomic E-state index is 0.137. The van der Waals surface area contributed by atoms with Crippen LogP contribution in [0.1, 0.15) is 19.8 Å². The Hall–Kier alpha value is -1.71. The van der Waals surface area contributed by atoms with Gasteiger partial charge in [-0.05, 0) is 18.6 Å². The van der Waals surface area contributed by atoms with E-state index in [9.17, 15) is 4.79 Å². The zero-order valence-corrected chi connectivity index (χ0v) is 9.40. The molecule has 0 spiro atoms. The maximum absolute atomic E-state index is 11.9. The molecule has 1 amide bonds. The number of carbonyl (C=O) groups excluding carboxylic acids is 1. The van der Waals surface area contributed by atoms with Gasteiger partial charge >= 0.3 is 0 Å². The minimum absolute atomic E-state index is 0.137. The summed E-state index contributed by atoms with van der Waals surface area (Å²) in [5.41, 5.74) is 7.20. The fourth-order valence-corrected chi connectivity index (χ4v) is 1.88. The number of rotatable bonds is 2. The molecule has 0 fully saturated rings. The second-order valence-electron chi connectivity index (χ2n) is 3.84. The molecule has 86 valence electrons. The average Bonchev–Trinajstić information content (AvgIpc) is 2.29. The van der Waals surface area contributed by atoms with Gasteiger partial charge in [0, 0.05) is 6.42 Å². The van der Waals surface area contributed by atoms with Gasteiger partial charge in [-0.2, -0.15) is 0 Å². The lowest BCUT2D eigenvalue weighted by atomic mass is 10.2.